The number of alkyl halides is 2. The Morgan fingerprint density at radius 2 is 1.78 bits per heavy atom. The lowest BCUT2D eigenvalue weighted by molar-refractivity contribution is 0.00801. The van der Waals surface area contributed by atoms with Crippen molar-refractivity contribution < 1.29 is 42.1 Å². The van der Waals surface area contributed by atoms with Gasteiger partial charge in [0.25, 0.3) is 5.92 Å². The number of halogens is 3. The second-order valence-corrected chi connectivity index (χ2v) is 26.9. The molecular formula is C50H62F3N7O6Si. The van der Waals surface area contributed by atoms with Gasteiger partial charge >= 0.3 is 18.2 Å². The summed E-state index contributed by atoms with van der Waals surface area (Å²) >= 11 is 0. The maximum absolute atomic E-state index is 18.3. The summed E-state index contributed by atoms with van der Waals surface area (Å²) in [4.78, 5) is 45.9. The van der Waals surface area contributed by atoms with Gasteiger partial charge in [0.15, 0.2) is 5.82 Å². The van der Waals surface area contributed by atoms with E-state index in [0.717, 1.165) is 6.42 Å². The molecule has 2 N–H and O–H groups in total. The van der Waals surface area contributed by atoms with E-state index in [1.165, 1.54) is 4.90 Å². The van der Waals surface area contributed by atoms with Gasteiger partial charge in [0, 0.05) is 35.2 Å². The van der Waals surface area contributed by atoms with Gasteiger partial charge in [-0.1, -0.05) is 59.6 Å². The maximum atomic E-state index is 18.3. The van der Waals surface area contributed by atoms with Crippen molar-refractivity contribution in [3.05, 3.63) is 41.7 Å². The largest absolute Gasteiger partial charge is 0.472 e. The number of carbonyl (C=O) groups excluding carboxylic acids is 1. The van der Waals surface area contributed by atoms with Crippen molar-refractivity contribution in [3.63, 3.8) is 0 Å². The fourth-order valence-electron chi connectivity index (χ4n) is 12.5. The molecule has 4 fully saturated rings. The van der Waals surface area contributed by atoms with Crippen molar-refractivity contribution in [2.75, 3.05) is 36.5 Å². The van der Waals surface area contributed by atoms with Gasteiger partial charge < -0.3 is 24.2 Å². The monoisotopic (exact) mass is 941 g/mol. The van der Waals surface area contributed by atoms with Crippen molar-refractivity contribution in [2.24, 2.45) is 0 Å². The minimum absolute atomic E-state index is 0.0386. The molecule has 17 heteroatoms. The number of amides is 2. The molecule has 2 aromatic heterocycles. The van der Waals surface area contributed by atoms with Crippen molar-refractivity contribution in [2.45, 2.75) is 159 Å². The highest BCUT2D eigenvalue weighted by Crippen LogP contribution is 2.49. The number of nitrogens with zero attached hydrogens (tertiary/aromatic N) is 6. The van der Waals surface area contributed by atoms with Crippen molar-refractivity contribution in [3.8, 4) is 34.6 Å². The summed E-state index contributed by atoms with van der Waals surface area (Å²) in [7, 11) is -2.26. The third kappa shape index (κ3) is 8.09. The molecule has 67 heavy (non-hydrogen) atoms. The minimum atomic E-state index is -2.88. The number of piperazine rings is 1. The van der Waals surface area contributed by atoms with Gasteiger partial charge in [-0.3, -0.25) is 15.1 Å². The third-order valence-corrected chi connectivity index (χ3v) is 21.4. The zero-order valence-corrected chi connectivity index (χ0v) is 41.1. The van der Waals surface area contributed by atoms with Crippen LogP contribution in [0, 0.1) is 17.3 Å². The first-order valence-corrected chi connectivity index (χ1v) is 26.0. The minimum Gasteiger partial charge on any atom is -0.472 e. The molecule has 4 aromatic rings. The van der Waals surface area contributed by atoms with E-state index < -0.39 is 61.3 Å². The summed E-state index contributed by atoms with van der Waals surface area (Å²) < 4.78 is 66.9. The molecular weight excluding hydrogens is 880 g/mol. The van der Waals surface area contributed by atoms with Crippen LogP contribution >= 0.6 is 0 Å². The normalized spacial score (nSPS) is 24.4. The van der Waals surface area contributed by atoms with E-state index in [1.807, 2.05) is 30.0 Å². The maximum Gasteiger partial charge on any atom is 0.412 e. The summed E-state index contributed by atoms with van der Waals surface area (Å²) in [6.07, 6.45) is -0.314. The van der Waals surface area contributed by atoms with Crippen LogP contribution in [0.25, 0.3) is 32.9 Å². The number of hydrogen-bond acceptors (Lipinski definition) is 10. The molecule has 5 aliphatic rings. The highest BCUT2D eigenvalue weighted by molar-refractivity contribution is 6.90. The standard InChI is InChI=1S/C50H62F3N7O6Si/c1-27(2)67(28(3)4,29(5)6)20-17-31-13-11-14-32-21-33(54-46(61)66-48(8,9)10)22-35(37(31)32)40-39(51)41-38-43(57-45(56-41)64-26-49-18-12-19-58(49)25-50(52,53)24-49)59-23-34-15-16-36(60(34)47(62)63)42(59)30(7)65-44(38)55-40/h11,13-14,21-22,27-30,34,36,42H,12,15-16,18-19,23-26H2,1-10H3,(H,54,61)(H,62,63)/t30?,34?,36?,42?,49-/m1/s1. The second kappa shape index (κ2) is 16.7. The summed E-state index contributed by atoms with van der Waals surface area (Å²) in [6, 6.07) is 7.55. The first kappa shape index (κ1) is 46.8. The first-order valence-electron chi connectivity index (χ1n) is 23.7. The number of nitrogens with one attached hydrogen (secondary N) is 1. The number of pyridine rings is 1. The molecule has 5 aliphatic heterocycles. The molecule has 7 heterocycles. The molecule has 4 saturated heterocycles. The van der Waals surface area contributed by atoms with Gasteiger partial charge in [-0.2, -0.15) is 9.97 Å². The van der Waals surface area contributed by atoms with Crippen molar-refractivity contribution >= 4 is 53.4 Å². The SMILES string of the molecule is CC1Oc2nc(-c3cc(NC(=O)OC(C)(C)C)cc4cccc(C#C[Si](C(C)C)(C(C)C)C(C)C)c34)c(F)c3nc(OC[C@]45CCCN4CC(F)(F)C5)nc(c23)N2CC3CCC(C12)N3C(=O)O. The number of hydrogen-bond donors (Lipinski definition) is 2. The smallest absolute Gasteiger partial charge is 0.412 e. The topological polar surface area (TPSA) is 142 Å². The lowest BCUT2D eigenvalue weighted by Crippen LogP contribution is -2.64. The number of carboxylic acid groups (broad SMARTS) is 1. The number of fused-ring (bicyclic) bond motifs is 7. The molecule has 5 atom stereocenters. The molecule has 13 nitrogen and oxygen atoms in total. The van der Waals surface area contributed by atoms with Crippen LogP contribution < -0.4 is 19.7 Å². The zero-order chi connectivity index (χ0) is 48.1. The summed E-state index contributed by atoms with van der Waals surface area (Å²) in [5.74, 6) is 0.196. The zero-order valence-electron chi connectivity index (χ0n) is 40.1. The van der Waals surface area contributed by atoms with Crippen LogP contribution in [0.5, 0.6) is 11.9 Å². The van der Waals surface area contributed by atoms with Crippen molar-refractivity contribution in [1.29, 1.82) is 0 Å². The van der Waals surface area contributed by atoms with E-state index in [4.69, 9.17) is 29.2 Å². The van der Waals surface area contributed by atoms with Crippen LogP contribution in [0.1, 0.15) is 107 Å². The van der Waals surface area contributed by atoms with Gasteiger partial charge in [-0.25, -0.2) is 27.7 Å². The molecule has 0 spiro atoms. The van der Waals surface area contributed by atoms with E-state index in [9.17, 15) is 23.5 Å². The highest BCUT2D eigenvalue weighted by atomic mass is 28.3. The number of carbonyl (C=O) groups is 2. The van der Waals surface area contributed by atoms with Gasteiger partial charge in [-0.05, 0) is 100 Å². The van der Waals surface area contributed by atoms with E-state index in [-0.39, 0.29) is 66.5 Å². The van der Waals surface area contributed by atoms with Crippen LogP contribution in [-0.2, 0) is 4.74 Å². The Hall–Kier alpha value is -5.34. The Morgan fingerprint density at radius 3 is 2.46 bits per heavy atom. The molecule has 0 radical (unpaired) electrons. The third-order valence-electron chi connectivity index (χ3n) is 15.1. The Bertz CT molecular complexity index is 2700. The number of benzene rings is 2. The molecule has 358 valence electrons. The Labute approximate surface area is 391 Å². The fourth-order valence-corrected chi connectivity index (χ4v) is 17.7. The van der Waals surface area contributed by atoms with Gasteiger partial charge in [0.05, 0.1) is 30.2 Å². The van der Waals surface area contributed by atoms with Crippen LogP contribution in [0.3, 0.4) is 0 Å². The lowest BCUT2D eigenvalue weighted by atomic mass is 9.94. The number of aromatic nitrogens is 3. The van der Waals surface area contributed by atoms with E-state index in [2.05, 4.69) is 58.3 Å². The molecule has 2 bridgehead atoms. The van der Waals surface area contributed by atoms with E-state index >= 15 is 4.39 Å². The van der Waals surface area contributed by atoms with E-state index in [0.29, 0.717) is 70.0 Å². The highest BCUT2D eigenvalue weighted by Gasteiger charge is 2.58. The predicted molar refractivity (Wildman–Crippen MR) is 255 cm³/mol. The predicted octanol–water partition coefficient (Wildman–Crippen LogP) is 10.6. The van der Waals surface area contributed by atoms with Gasteiger partial charge in [0.1, 0.15) is 48.8 Å². The van der Waals surface area contributed by atoms with Crippen LogP contribution in [0.4, 0.5) is 34.3 Å². The molecule has 2 aromatic carbocycles. The summed E-state index contributed by atoms with van der Waals surface area (Å²) in [5.41, 5.74) is 4.11. The molecule has 0 saturated carbocycles. The summed E-state index contributed by atoms with van der Waals surface area (Å²) in [5, 5.41) is 14.7. The lowest BCUT2D eigenvalue weighted by Gasteiger charge is -2.47. The fraction of sp³-hybridized carbons (Fsp3) is 0.580. The Kier molecular flexibility index (Phi) is 11.7. The molecule has 4 unspecified atom stereocenters. The molecule has 2 amide bonds. The van der Waals surface area contributed by atoms with Crippen LogP contribution in [0.2, 0.25) is 16.6 Å². The van der Waals surface area contributed by atoms with Crippen LogP contribution in [0.15, 0.2) is 30.3 Å². The van der Waals surface area contributed by atoms with Gasteiger partial charge in [-0.15, -0.1) is 5.54 Å². The van der Waals surface area contributed by atoms with E-state index in [1.54, 1.807) is 37.8 Å². The first-order chi connectivity index (χ1) is 31.5. The Morgan fingerprint density at radius 1 is 1.04 bits per heavy atom. The van der Waals surface area contributed by atoms with Crippen LogP contribution in [-0.4, -0.2) is 118 Å². The summed E-state index contributed by atoms with van der Waals surface area (Å²) in [6.45, 7) is 20.9. The molecule has 9 rings (SSSR count). The second-order valence-electron chi connectivity index (χ2n) is 21.4. The number of ether oxygens (including phenoxy) is 3. The van der Waals surface area contributed by atoms with Gasteiger partial charge in [0.2, 0.25) is 5.88 Å². The number of rotatable bonds is 8. The average Bonchev–Trinajstić information content (AvgIpc) is 3.81. The average molecular weight is 942 g/mol. The quantitative estimate of drug-likeness (QED) is 0.129. The van der Waals surface area contributed by atoms with Crippen molar-refractivity contribution in [1.82, 2.24) is 24.8 Å². The Balaban J connectivity index is 1.27. The molecule has 0 aliphatic carbocycles. The number of anilines is 2.